The van der Waals surface area contributed by atoms with Crippen LogP contribution in [0, 0.1) is 13.8 Å². The van der Waals surface area contributed by atoms with Crippen molar-refractivity contribution in [3.8, 4) is 0 Å². The first-order valence-electron chi connectivity index (χ1n) is 7.56. The van der Waals surface area contributed by atoms with Gasteiger partial charge in [-0.2, -0.15) is 0 Å². The number of amides is 1. The third-order valence-electron chi connectivity index (χ3n) is 3.48. The highest BCUT2D eigenvalue weighted by Crippen LogP contribution is 2.22. The van der Waals surface area contributed by atoms with E-state index >= 15 is 0 Å². The van der Waals surface area contributed by atoms with Crippen LogP contribution in [-0.4, -0.2) is 25.0 Å². The van der Waals surface area contributed by atoms with Gasteiger partial charge in [-0.3, -0.25) is 9.69 Å². The molecule has 0 aliphatic carbocycles. The summed E-state index contributed by atoms with van der Waals surface area (Å²) in [5.74, 6) is -0.00230. The molecule has 1 fully saturated rings. The second-order valence-electron chi connectivity index (χ2n) is 5.53. The van der Waals surface area contributed by atoms with Crippen LogP contribution >= 0.6 is 0 Å². The summed E-state index contributed by atoms with van der Waals surface area (Å²) in [6, 6.07) is 15.7. The van der Waals surface area contributed by atoms with Gasteiger partial charge in [0.15, 0.2) is 5.78 Å². The Morgan fingerprint density at radius 3 is 2.22 bits per heavy atom. The maximum atomic E-state index is 11.4. The highest BCUT2D eigenvalue weighted by atomic mass is 16.6. The van der Waals surface area contributed by atoms with Crippen molar-refractivity contribution in [3.05, 3.63) is 65.2 Å². The van der Waals surface area contributed by atoms with Gasteiger partial charge in [-0.05, 0) is 44.5 Å². The number of aryl methyl sites for hydroxylation is 2. The molecule has 0 spiro atoms. The molecule has 0 unspecified atom stereocenters. The van der Waals surface area contributed by atoms with Gasteiger partial charge in [0.1, 0.15) is 6.61 Å². The number of cyclic esters (lactones) is 1. The minimum atomic E-state index is -0.347. The number of Topliss-reactive ketones (excluding diaryl/α,β-unsaturated/α-hetero) is 1. The molecule has 120 valence electrons. The molecular weight excluding hydrogens is 290 g/mol. The third kappa shape index (κ3) is 4.68. The maximum Gasteiger partial charge on any atom is 0.414 e. The molecule has 1 saturated heterocycles. The van der Waals surface area contributed by atoms with Crippen LogP contribution in [0.3, 0.4) is 0 Å². The van der Waals surface area contributed by atoms with Crippen molar-refractivity contribution in [1.82, 2.24) is 0 Å². The van der Waals surface area contributed by atoms with Crippen LogP contribution in [0.25, 0.3) is 0 Å². The highest BCUT2D eigenvalue weighted by molar-refractivity contribution is 5.97. The van der Waals surface area contributed by atoms with Crippen LogP contribution in [0.15, 0.2) is 48.5 Å². The summed E-state index contributed by atoms with van der Waals surface area (Å²) in [4.78, 5) is 24.2. The summed E-state index contributed by atoms with van der Waals surface area (Å²) in [5.41, 5.74) is 3.63. The van der Waals surface area contributed by atoms with Gasteiger partial charge < -0.3 is 4.74 Å². The van der Waals surface area contributed by atoms with Crippen molar-refractivity contribution in [1.29, 1.82) is 0 Å². The predicted octanol–water partition coefficient (Wildman–Crippen LogP) is 4.15. The number of hydrogen-bond acceptors (Lipinski definition) is 3. The lowest BCUT2D eigenvalue weighted by atomic mass is 10.1. The van der Waals surface area contributed by atoms with E-state index in [1.807, 2.05) is 37.3 Å². The summed E-state index contributed by atoms with van der Waals surface area (Å²) in [7, 11) is 0. The molecule has 4 heteroatoms. The molecule has 0 bridgehead atoms. The molecule has 0 N–H and O–H groups in total. The fourth-order valence-corrected chi connectivity index (χ4v) is 2.28. The van der Waals surface area contributed by atoms with E-state index in [0.717, 1.165) is 11.3 Å². The fourth-order valence-electron chi connectivity index (χ4n) is 2.28. The van der Waals surface area contributed by atoms with Crippen LogP contribution < -0.4 is 4.90 Å². The van der Waals surface area contributed by atoms with Crippen molar-refractivity contribution in [3.63, 3.8) is 0 Å². The molecule has 2 aromatic carbocycles. The van der Waals surface area contributed by atoms with Gasteiger partial charge in [-0.15, -0.1) is 0 Å². The van der Waals surface area contributed by atoms with Crippen LogP contribution in [0.4, 0.5) is 10.5 Å². The number of carbonyl (C=O) groups excluding carboxylic acids is 2. The van der Waals surface area contributed by atoms with Crippen molar-refractivity contribution >= 4 is 17.6 Å². The molecule has 1 heterocycles. The zero-order chi connectivity index (χ0) is 16.8. The largest absolute Gasteiger partial charge is 0.447 e. The Morgan fingerprint density at radius 1 is 1.04 bits per heavy atom. The van der Waals surface area contributed by atoms with Crippen molar-refractivity contribution in [2.45, 2.75) is 20.8 Å². The van der Waals surface area contributed by atoms with Gasteiger partial charge >= 0.3 is 6.09 Å². The van der Waals surface area contributed by atoms with Crippen molar-refractivity contribution in [2.75, 3.05) is 18.1 Å². The van der Waals surface area contributed by atoms with E-state index in [4.69, 9.17) is 4.74 Å². The minimum Gasteiger partial charge on any atom is -0.447 e. The van der Waals surface area contributed by atoms with Crippen molar-refractivity contribution < 1.29 is 14.3 Å². The monoisotopic (exact) mass is 311 g/mol. The standard InChI is InChI=1S/C12H13NO3.C7H8/c1-8-5-10(9(2)14)7-11(6-8)13-3-4-16-12(13)15;1-7-5-3-2-4-6-7/h5-7H,3-4H2,1-2H3;2-6H,1H3. The Balaban J connectivity index is 0.000000229. The van der Waals surface area contributed by atoms with E-state index in [2.05, 4.69) is 19.1 Å². The summed E-state index contributed by atoms with van der Waals surface area (Å²) in [5, 5.41) is 0. The first-order valence-corrected chi connectivity index (χ1v) is 7.56. The Labute approximate surface area is 136 Å². The SMILES string of the molecule is CC(=O)c1cc(C)cc(N2CCOC2=O)c1.Cc1ccccc1. The van der Waals surface area contributed by atoms with Gasteiger partial charge in [-0.25, -0.2) is 4.79 Å². The molecule has 23 heavy (non-hydrogen) atoms. The van der Waals surface area contributed by atoms with E-state index in [1.54, 1.807) is 11.0 Å². The first kappa shape index (κ1) is 16.7. The van der Waals surface area contributed by atoms with Gasteiger partial charge in [0.05, 0.1) is 6.54 Å². The Bertz CT molecular complexity index is 695. The van der Waals surface area contributed by atoms with Gasteiger partial charge in [0.2, 0.25) is 0 Å². The number of ketones is 1. The Morgan fingerprint density at radius 2 is 1.74 bits per heavy atom. The normalized spacial score (nSPS) is 13.2. The maximum absolute atomic E-state index is 11.4. The van der Waals surface area contributed by atoms with E-state index in [0.29, 0.717) is 18.7 Å². The fraction of sp³-hybridized carbons (Fsp3) is 0.263. The molecule has 1 aliphatic heterocycles. The summed E-state index contributed by atoms with van der Waals surface area (Å²) >= 11 is 0. The number of hydrogen-bond donors (Lipinski definition) is 0. The van der Waals surface area contributed by atoms with Crippen LogP contribution in [0.5, 0.6) is 0 Å². The number of nitrogens with zero attached hydrogens (tertiary/aromatic N) is 1. The highest BCUT2D eigenvalue weighted by Gasteiger charge is 2.24. The lowest BCUT2D eigenvalue weighted by molar-refractivity contribution is 0.101. The van der Waals surface area contributed by atoms with E-state index in [-0.39, 0.29) is 11.9 Å². The Kier molecular flexibility index (Phi) is 5.52. The molecule has 4 nitrogen and oxygen atoms in total. The predicted molar refractivity (Wildman–Crippen MR) is 91.1 cm³/mol. The molecule has 3 rings (SSSR count). The second kappa shape index (κ2) is 7.58. The number of benzene rings is 2. The molecule has 0 aromatic heterocycles. The summed E-state index contributed by atoms with van der Waals surface area (Å²) in [6.45, 7) is 6.44. The summed E-state index contributed by atoms with van der Waals surface area (Å²) in [6.07, 6.45) is -0.347. The smallest absolute Gasteiger partial charge is 0.414 e. The average molecular weight is 311 g/mol. The second-order valence-corrected chi connectivity index (χ2v) is 5.53. The molecule has 0 saturated carbocycles. The lowest BCUT2D eigenvalue weighted by Crippen LogP contribution is -2.23. The van der Waals surface area contributed by atoms with Gasteiger partial charge in [0.25, 0.3) is 0 Å². The van der Waals surface area contributed by atoms with Crippen LogP contribution in [-0.2, 0) is 4.74 Å². The van der Waals surface area contributed by atoms with Gasteiger partial charge in [-0.1, -0.05) is 35.9 Å². The molecule has 1 amide bonds. The van der Waals surface area contributed by atoms with Crippen LogP contribution in [0.2, 0.25) is 0 Å². The minimum absolute atomic E-state index is 0.00230. The molecule has 2 aromatic rings. The number of anilines is 1. The quantitative estimate of drug-likeness (QED) is 0.783. The van der Waals surface area contributed by atoms with E-state index in [9.17, 15) is 9.59 Å². The van der Waals surface area contributed by atoms with E-state index in [1.165, 1.54) is 12.5 Å². The number of ether oxygens (including phenoxy) is 1. The topological polar surface area (TPSA) is 46.6 Å². The zero-order valence-corrected chi connectivity index (χ0v) is 13.7. The van der Waals surface area contributed by atoms with E-state index < -0.39 is 0 Å². The molecule has 0 atom stereocenters. The molecule has 1 aliphatic rings. The average Bonchev–Trinajstić information content (AvgIpc) is 2.94. The molecular formula is C19H21NO3. The first-order chi connectivity index (χ1) is 11.0. The molecule has 0 radical (unpaired) electrons. The summed E-state index contributed by atoms with van der Waals surface area (Å²) < 4.78 is 4.86. The lowest BCUT2D eigenvalue weighted by Gasteiger charge is -2.14. The zero-order valence-electron chi connectivity index (χ0n) is 13.7. The number of rotatable bonds is 2. The van der Waals surface area contributed by atoms with Crippen molar-refractivity contribution in [2.24, 2.45) is 0 Å². The van der Waals surface area contributed by atoms with Crippen LogP contribution in [0.1, 0.15) is 28.4 Å². The third-order valence-corrected chi connectivity index (χ3v) is 3.48. The number of carbonyl (C=O) groups is 2. The Hall–Kier alpha value is -2.62. The van der Waals surface area contributed by atoms with Gasteiger partial charge in [0, 0.05) is 11.3 Å².